The predicted molar refractivity (Wildman–Crippen MR) is 79.2 cm³/mol. The van der Waals surface area contributed by atoms with Gasteiger partial charge in [0.25, 0.3) is 0 Å². The summed E-state index contributed by atoms with van der Waals surface area (Å²) in [6.45, 7) is 3.30. The van der Waals surface area contributed by atoms with Gasteiger partial charge in [-0.2, -0.15) is 0 Å². The standard InChI is InChI=1S/C15H21N3O2/c1-12(10-19-2)17-15-16-7-8-18(15)14-6-4-5-13(9-14)11-20-3/h4-9,12H,10-11H2,1-3H3,(H,16,17). The van der Waals surface area contributed by atoms with Crippen molar-refractivity contribution >= 4 is 5.95 Å². The average Bonchev–Trinajstić information content (AvgIpc) is 2.88. The molecule has 1 N–H and O–H groups in total. The Kier molecular flexibility index (Phi) is 5.15. The van der Waals surface area contributed by atoms with Crippen molar-refractivity contribution in [3.8, 4) is 5.69 Å². The Morgan fingerprint density at radius 3 is 2.90 bits per heavy atom. The number of anilines is 1. The van der Waals surface area contributed by atoms with Crippen LogP contribution in [0.3, 0.4) is 0 Å². The monoisotopic (exact) mass is 275 g/mol. The lowest BCUT2D eigenvalue weighted by atomic mass is 10.2. The van der Waals surface area contributed by atoms with E-state index in [0.29, 0.717) is 13.2 Å². The first-order valence-electron chi connectivity index (χ1n) is 6.61. The normalized spacial score (nSPS) is 12.3. The lowest BCUT2D eigenvalue weighted by molar-refractivity contribution is 0.185. The quantitative estimate of drug-likeness (QED) is 0.843. The van der Waals surface area contributed by atoms with E-state index < -0.39 is 0 Å². The van der Waals surface area contributed by atoms with E-state index in [4.69, 9.17) is 9.47 Å². The number of hydrogen-bond donors (Lipinski definition) is 1. The Morgan fingerprint density at radius 2 is 2.15 bits per heavy atom. The topological polar surface area (TPSA) is 48.3 Å². The van der Waals surface area contributed by atoms with Gasteiger partial charge in [-0.25, -0.2) is 4.98 Å². The van der Waals surface area contributed by atoms with Crippen LogP contribution in [-0.4, -0.2) is 36.4 Å². The van der Waals surface area contributed by atoms with E-state index in [1.54, 1.807) is 20.4 Å². The first-order chi connectivity index (χ1) is 9.74. The summed E-state index contributed by atoms with van der Waals surface area (Å²) >= 11 is 0. The lowest BCUT2D eigenvalue weighted by Gasteiger charge is -2.15. The van der Waals surface area contributed by atoms with Crippen LogP contribution in [-0.2, 0) is 16.1 Å². The second kappa shape index (κ2) is 7.07. The molecule has 0 radical (unpaired) electrons. The molecule has 20 heavy (non-hydrogen) atoms. The molecule has 0 aliphatic heterocycles. The summed E-state index contributed by atoms with van der Waals surface area (Å²) in [7, 11) is 3.39. The van der Waals surface area contributed by atoms with Gasteiger partial charge in [-0.3, -0.25) is 4.57 Å². The summed E-state index contributed by atoms with van der Waals surface area (Å²) in [4.78, 5) is 4.36. The van der Waals surface area contributed by atoms with Gasteiger partial charge in [0.05, 0.1) is 13.2 Å². The van der Waals surface area contributed by atoms with Gasteiger partial charge >= 0.3 is 0 Å². The molecule has 108 valence electrons. The summed E-state index contributed by atoms with van der Waals surface area (Å²) < 4.78 is 12.3. The number of rotatable bonds is 7. The molecular weight excluding hydrogens is 254 g/mol. The van der Waals surface area contributed by atoms with E-state index >= 15 is 0 Å². The highest BCUT2D eigenvalue weighted by Gasteiger charge is 2.08. The summed E-state index contributed by atoms with van der Waals surface area (Å²) in [6, 6.07) is 8.41. The second-order valence-electron chi connectivity index (χ2n) is 4.72. The van der Waals surface area contributed by atoms with Crippen molar-refractivity contribution in [2.24, 2.45) is 0 Å². The largest absolute Gasteiger partial charge is 0.383 e. The molecule has 1 unspecified atom stereocenters. The van der Waals surface area contributed by atoms with Gasteiger partial charge in [0.15, 0.2) is 0 Å². The SMILES string of the molecule is COCc1cccc(-n2ccnc2NC(C)COC)c1. The zero-order chi connectivity index (χ0) is 14.4. The third-order valence-electron chi connectivity index (χ3n) is 2.93. The van der Waals surface area contributed by atoms with Gasteiger partial charge in [-0.1, -0.05) is 12.1 Å². The van der Waals surface area contributed by atoms with Crippen molar-refractivity contribution in [1.29, 1.82) is 0 Å². The highest BCUT2D eigenvalue weighted by molar-refractivity contribution is 5.43. The van der Waals surface area contributed by atoms with Crippen LogP contribution in [0, 0.1) is 0 Å². The Morgan fingerprint density at radius 1 is 1.30 bits per heavy atom. The summed E-state index contributed by atoms with van der Waals surface area (Å²) in [6.07, 6.45) is 3.72. The van der Waals surface area contributed by atoms with E-state index in [2.05, 4.69) is 23.3 Å². The molecule has 0 saturated heterocycles. The van der Waals surface area contributed by atoms with Crippen molar-refractivity contribution in [3.05, 3.63) is 42.2 Å². The average molecular weight is 275 g/mol. The van der Waals surface area contributed by atoms with E-state index in [1.165, 1.54) is 0 Å². The molecule has 0 spiro atoms. The fraction of sp³-hybridized carbons (Fsp3) is 0.400. The van der Waals surface area contributed by atoms with Gasteiger partial charge in [0, 0.05) is 38.3 Å². The van der Waals surface area contributed by atoms with Crippen LogP contribution in [0.25, 0.3) is 5.69 Å². The molecular formula is C15H21N3O2. The fourth-order valence-electron chi connectivity index (χ4n) is 2.09. The summed E-state index contributed by atoms with van der Waals surface area (Å²) in [5, 5.41) is 3.34. The van der Waals surface area contributed by atoms with E-state index in [1.807, 2.05) is 29.0 Å². The minimum absolute atomic E-state index is 0.198. The molecule has 0 aliphatic carbocycles. The second-order valence-corrected chi connectivity index (χ2v) is 4.72. The maximum absolute atomic E-state index is 5.17. The van der Waals surface area contributed by atoms with Crippen molar-refractivity contribution < 1.29 is 9.47 Å². The minimum Gasteiger partial charge on any atom is -0.383 e. The predicted octanol–water partition coefficient (Wildman–Crippen LogP) is 2.47. The number of hydrogen-bond acceptors (Lipinski definition) is 4. The molecule has 1 atom stereocenters. The number of nitrogens with zero attached hydrogens (tertiary/aromatic N) is 2. The third-order valence-corrected chi connectivity index (χ3v) is 2.93. The van der Waals surface area contributed by atoms with Gasteiger partial charge in [-0.15, -0.1) is 0 Å². The lowest BCUT2D eigenvalue weighted by Crippen LogP contribution is -2.22. The molecule has 0 saturated carbocycles. The third kappa shape index (κ3) is 3.59. The molecule has 0 fully saturated rings. The van der Waals surface area contributed by atoms with Gasteiger partial charge in [-0.05, 0) is 24.6 Å². The van der Waals surface area contributed by atoms with Crippen LogP contribution < -0.4 is 5.32 Å². The van der Waals surface area contributed by atoms with Crippen molar-refractivity contribution in [2.45, 2.75) is 19.6 Å². The molecule has 5 nitrogen and oxygen atoms in total. The van der Waals surface area contributed by atoms with Crippen LogP contribution in [0.15, 0.2) is 36.7 Å². The molecule has 0 amide bonds. The van der Waals surface area contributed by atoms with E-state index in [9.17, 15) is 0 Å². The zero-order valence-electron chi connectivity index (χ0n) is 12.2. The number of nitrogens with one attached hydrogen (secondary N) is 1. The molecule has 0 aliphatic rings. The fourth-order valence-corrected chi connectivity index (χ4v) is 2.09. The van der Waals surface area contributed by atoms with Crippen LogP contribution >= 0.6 is 0 Å². The van der Waals surface area contributed by atoms with E-state index in [-0.39, 0.29) is 6.04 Å². The van der Waals surface area contributed by atoms with Crippen LogP contribution in [0.2, 0.25) is 0 Å². The Hall–Kier alpha value is -1.85. The highest BCUT2D eigenvalue weighted by Crippen LogP contribution is 2.17. The van der Waals surface area contributed by atoms with Gasteiger partial charge < -0.3 is 14.8 Å². The number of aromatic nitrogens is 2. The molecule has 1 aromatic carbocycles. The maximum atomic E-state index is 5.17. The van der Waals surface area contributed by atoms with E-state index in [0.717, 1.165) is 17.2 Å². The molecule has 5 heteroatoms. The van der Waals surface area contributed by atoms with Gasteiger partial charge in [0.2, 0.25) is 5.95 Å². The number of imidazole rings is 1. The Balaban J connectivity index is 2.20. The summed E-state index contributed by atoms with van der Waals surface area (Å²) in [5.41, 5.74) is 2.19. The van der Waals surface area contributed by atoms with Crippen molar-refractivity contribution in [1.82, 2.24) is 9.55 Å². The highest BCUT2D eigenvalue weighted by atomic mass is 16.5. The maximum Gasteiger partial charge on any atom is 0.207 e. The first kappa shape index (κ1) is 14.6. The number of ether oxygens (including phenoxy) is 2. The van der Waals surface area contributed by atoms with Crippen LogP contribution in [0.1, 0.15) is 12.5 Å². The van der Waals surface area contributed by atoms with Crippen molar-refractivity contribution in [3.63, 3.8) is 0 Å². The smallest absolute Gasteiger partial charge is 0.207 e. The Labute approximate surface area is 119 Å². The van der Waals surface area contributed by atoms with Gasteiger partial charge in [0.1, 0.15) is 0 Å². The van der Waals surface area contributed by atoms with Crippen molar-refractivity contribution in [2.75, 3.05) is 26.1 Å². The van der Waals surface area contributed by atoms with Crippen LogP contribution in [0.5, 0.6) is 0 Å². The number of methoxy groups -OCH3 is 2. The van der Waals surface area contributed by atoms with Crippen LogP contribution in [0.4, 0.5) is 5.95 Å². The minimum atomic E-state index is 0.198. The molecule has 1 aromatic heterocycles. The zero-order valence-corrected chi connectivity index (χ0v) is 12.2. The first-order valence-corrected chi connectivity index (χ1v) is 6.61. The molecule has 2 rings (SSSR count). The molecule has 2 aromatic rings. The Bertz CT molecular complexity index is 539. The number of benzene rings is 1. The molecule has 0 bridgehead atoms. The summed E-state index contributed by atoms with van der Waals surface area (Å²) in [5.74, 6) is 0.809. The molecule has 1 heterocycles.